The third kappa shape index (κ3) is 94.9. The van der Waals surface area contributed by atoms with Crippen LogP contribution in [0.4, 0.5) is 0 Å². The smallest absolute Gasteiger partial charge is 0.412 e. The van der Waals surface area contributed by atoms with Crippen LogP contribution in [0.15, 0.2) is 374 Å². The minimum atomic E-state index is -0.370. The van der Waals surface area contributed by atoms with Crippen molar-refractivity contribution in [3.8, 4) is 0 Å². The molecule has 0 spiro atoms. The minimum Gasteiger partial charge on any atom is -0.412 e. The molecule has 6 heteroatoms. The molecule has 0 aromatic carbocycles. The zero-order chi connectivity index (χ0) is 61.8. The highest BCUT2D eigenvalue weighted by Crippen LogP contribution is 2.14. The Bertz CT molecular complexity index is 4860. The fourth-order valence-electron chi connectivity index (χ4n) is 3.54. The second-order valence-electron chi connectivity index (χ2n) is 12.7. The van der Waals surface area contributed by atoms with E-state index in [1.807, 2.05) is 13.7 Å². The molecule has 1 rings (SSSR count). The van der Waals surface area contributed by atoms with Crippen molar-refractivity contribution in [3.63, 3.8) is 0 Å². The Morgan fingerprint density at radius 3 is 0.582 bits per heavy atom. The zero-order valence-electron chi connectivity index (χ0n) is 47.1. The monoisotopic (exact) mass is 1180 g/mol. The quantitative estimate of drug-likeness (QED) is 0.273. The lowest BCUT2D eigenvalue weighted by molar-refractivity contribution is -0.170. The van der Waals surface area contributed by atoms with Gasteiger partial charge in [-0.25, -0.2) is 0 Å². The molecule has 4 N–H and O–H groups in total. The van der Waals surface area contributed by atoms with Gasteiger partial charge in [0.25, 0.3) is 0 Å². The van der Waals surface area contributed by atoms with E-state index < -0.39 is 0 Å². The van der Waals surface area contributed by atoms with Gasteiger partial charge in [0, 0.05) is 258 Å². The Morgan fingerprint density at radius 1 is 0.341 bits per heavy atom. The van der Waals surface area contributed by atoms with Crippen LogP contribution in [0.1, 0.15) is 99.4 Å². The maximum absolute atomic E-state index is 8.87. The van der Waals surface area contributed by atoms with Crippen LogP contribution in [0, 0.1) is 0 Å². The molecule has 1 heterocycles. The first kappa shape index (κ1) is 98.5. The lowest BCUT2D eigenvalue weighted by Crippen LogP contribution is -2.28. The molecule has 0 amide bonds. The van der Waals surface area contributed by atoms with Gasteiger partial charge in [0.1, 0.15) is 13.6 Å². The van der Waals surface area contributed by atoms with E-state index in [9.17, 15) is 0 Å². The molecule has 1 aliphatic rings. The topological polar surface area (TPSA) is 107 Å². The van der Waals surface area contributed by atoms with Crippen molar-refractivity contribution in [2.75, 3.05) is 6.79 Å². The largest absolute Gasteiger partial charge is 1.00 e. The maximum atomic E-state index is 8.87. The standard InChI is InChI=1S/C65H4.C7H14O2.C6H14O2.CH2O.6CH4.H2O/c1-3-5-7-9-11-13-15-17-19-21-23-25-27-29-31-33-35-37-39-41-43-45-47-49-51-53-55-57-59-61-63-65-64-62-60-58-56-54-52-50-48-46-44-42-40-38-36-34-32-30-28-26-24-22-20-18-16-14-12-10-8-6-4-2;1-3-7-4-6(2)8-5-9-7;1-3-6(8)4-5(2)7;1-2;;;;;;;/h1-2H2;6-7H,3-5H2,1-2H3;5-8H,3-4H2,1-2H3;1H2;6*1H4;1H2/p+1. The SMILES string of the molecule is C.C.C.C.C.C.C=C=C=C=C=C=C=C=C=C=C=C=C=C=C=C=C=C=C=C=C=C=C=C=C=C=C=C=C=C=C=C=C=C=C=C=C=C=C=C=C=C=C=C=C=C=C=C=C=C=C=C=C=C=C=C=C=C=C=C=C=C=C=C=C.C=O.CCC(O)CC(C)O.CCC1CC(C)OCO1.O.[H+]. The molecular formula is C85H61O6+. The van der Waals surface area contributed by atoms with Crippen molar-refractivity contribution < 1.29 is 31.4 Å². The fourth-order valence-corrected chi connectivity index (χ4v) is 3.54. The minimum absolute atomic E-state index is 0. The van der Waals surface area contributed by atoms with Crippen LogP contribution in [0.3, 0.4) is 0 Å². The van der Waals surface area contributed by atoms with Crippen molar-refractivity contribution >= 4 is 6.79 Å². The van der Waals surface area contributed by atoms with E-state index in [2.05, 4.69) is 388 Å². The van der Waals surface area contributed by atoms with Crippen LogP contribution in [-0.4, -0.2) is 53.7 Å². The van der Waals surface area contributed by atoms with Crippen molar-refractivity contribution in [3.05, 3.63) is 374 Å². The summed E-state index contributed by atoms with van der Waals surface area (Å²) in [6, 6.07) is 0. The molecule has 0 aliphatic carbocycles. The molecule has 0 aromatic heterocycles. The van der Waals surface area contributed by atoms with Gasteiger partial charge in [-0.1, -0.05) is 69.9 Å². The van der Waals surface area contributed by atoms with Crippen LogP contribution in [0.2, 0.25) is 0 Å². The van der Waals surface area contributed by atoms with Crippen LogP contribution in [-0.2, 0) is 14.3 Å². The number of hydrogen-bond acceptors (Lipinski definition) is 5. The molecule has 1 fully saturated rings. The van der Waals surface area contributed by atoms with Gasteiger partial charge >= 0.3 is 1.43 Å². The summed E-state index contributed by atoms with van der Waals surface area (Å²) in [7, 11) is 0. The summed E-state index contributed by atoms with van der Waals surface area (Å²) in [4.78, 5) is 8.00. The van der Waals surface area contributed by atoms with E-state index in [0.29, 0.717) is 25.4 Å². The first-order chi connectivity index (χ1) is 41.4. The highest BCUT2D eigenvalue weighted by Gasteiger charge is 2.17. The summed E-state index contributed by atoms with van der Waals surface area (Å²) in [5.74, 6) is 0. The summed E-state index contributed by atoms with van der Waals surface area (Å²) >= 11 is 0. The number of aliphatic hydroxyl groups is 2. The summed E-state index contributed by atoms with van der Waals surface area (Å²) in [6.45, 7) is 16.9. The third-order valence-corrected chi connectivity index (χ3v) is 6.72. The molecule has 436 valence electrons. The molecule has 4 unspecified atom stereocenters. The Kier molecular flexibility index (Phi) is 99.4. The van der Waals surface area contributed by atoms with Gasteiger partial charge in [0.15, 0.2) is 0 Å². The van der Waals surface area contributed by atoms with Crippen molar-refractivity contribution in [2.45, 2.75) is 122 Å². The molecule has 6 nitrogen and oxygen atoms in total. The highest BCUT2D eigenvalue weighted by atomic mass is 16.7. The van der Waals surface area contributed by atoms with E-state index in [4.69, 9.17) is 24.5 Å². The summed E-state index contributed by atoms with van der Waals surface area (Å²) in [5.41, 5.74) is 157. The second-order valence-corrected chi connectivity index (χ2v) is 12.7. The van der Waals surface area contributed by atoms with Gasteiger partial charge in [0.2, 0.25) is 0 Å². The number of carbonyl (C=O) groups excluding carboxylic acids is 1. The number of carbonyl (C=O) groups is 1. The van der Waals surface area contributed by atoms with Gasteiger partial charge < -0.3 is 30.0 Å². The fraction of sp³-hybridized carbons (Fsp3) is 0.224. The average molecular weight is 1180 g/mol. The number of aliphatic hydroxyl groups excluding tert-OH is 2. The Hall–Kier alpha value is -14.7. The van der Waals surface area contributed by atoms with Crippen LogP contribution >= 0.6 is 0 Å². The van der Waals surface area contributed by atoms with Gasteiger partial charge in [-0.05, 0) is 144 Å². The van der Waals surface area contributed by atoms with Crippen LogP contribution in [0.5, 0.6) is 0 Å². The molecule has 1 aliphatic heterocycles. The third-order valence-electron chi connectivity index (χ3n) is 6.72. The van der Waals surface area contributed by atoms with Crippen molar-refractivity contribution in [2.24, 2.45) is 0 Å². The lowest BCUT2D eigenvalue weighted by Gasteiger charge is -2.26. The van der Waals surface area contributed by atoms with E-state index in [1.54, 1.807) is 6.92 Å². The van der Waals surface area contributed by atoms with Gasteiger partial charge in [-0.15, -0.1) is 0 Å². The average Bonchev–Trinajstić information content (AvgIpc) is 2.17. The molecule has 0 bridgehead atoms. The van der Waals surface area contributed by atoms with Gasteiger partial charge in [-0.3, -0.25) is 0 Å². The summed E-state index contributed by atoms with van der Waals surface area (Å²) in [5, 5.41) is 17.6. The van der Waals surface area contributed by atoms with Crippen molar-refractivity contribution in [1.82, 2.24) is 0 Å². The van der Waals surface area contributed by atoms with E-state index in [-0.39, 0.29) is 63.7 Å². The summed E-state index contributed by atoms with van der Waals surface area (Å²) in [6.07, 6.45) is 3.52. The maximum Gasteiger partial charge on any atom is 1.00 e. The van der Waals surface area contributed by atoms with E-state index in [0.717, 1.165) is 19.3 Å². The molecule has 0 aromatic rings. The molecule has 4 atom stereocenters. The Morgan fingerprint density at radius 2 is 0.495 bits per heavy atom. The first-order valence-electron chi connectivity index (χ1n) is 23.1. The van der Waals surface area contributed by atoms with Crippen molar-refractivity contribution in [1.29, 1.82) is 0 Å². The number of ether oxygens (including phenoxy) is 2. The normalized spacial score (nSPS) is 8.07. The number of hydrogen-bond donors (Lipinski definition) is 2. The van der Waals surface area contributed by atoms with E-state index in [1.165, 1.54) is 0 Å². The summed E-state index contributed by atoms with van der Waals surface area (Å²) < 4.78 is 10.5. The van der Waals surface area contributed by atoms with Gasteiger partial charge in [0.05, 0.1) is 24.4 Å². The molecule has 91 heavy (non-hydrogen) atoms. The zero-order valence-corrected chi connectivity index (χ0v) is 46.1. The molecule has 0 saturated carbocycles. The highest BCUT2D eigenvalue weighted by molar-refractivity contribution is 5.11. The van der Waals surface area contributed by atoms with E-state index >= 15 is 0 Å². The lowest BCUT2D eigenvalue weighted by atomic mass is 10.1. The van der Waals surface area contributed by atoms with Crippen LogP contribution in [0.25, 0.3) is 0 Å². The first-order valence-corrected chi connectivity index (χ1v) is 23.1. The Labute approximate surface area is 538 Å². The predicted molar refractivity (Wildman–Crippen MR) is 353 cm³/mol. The predicted octanol–water partition coefficient (Wildman–Crippen LogP) is 15.6. The molecule has 1 saturated heterocycles. The molecule has 0 radical (unpaired) electrons. The van der Waals surface area contributed by atoms with Gasteiger partial charge in [-0.2, -0.15) is 0 Å². The molecular weight excluding hydrogens is 1120 g/mol. The Balaban J connectivity index is -0.000000232. The van der Waals surface area contributed by atoms with Crippen LogP contribution < -0.4 is 0 Å². The number of rotatable bonds is 4. The second kappa shape index (κ2) is 91.8.